The molecule has 1 amide bonds. The summed E-state index contributed by atoms with van der Waals surface area (Å²) in [7, 11) is 0. The summed E-state index contributed by atoms with van der Waals surface area (Å²) in [6.45, 7) is 6.23. The van der Waals surface area contributed by atoms with Gasteiger partial charge in [0.15, 0.2) is 5.13 Å². The summed E-state index contributed by atoms with van der Waals surface area (Å²) in [5.74, 6) is -0.944. The molecule has 1 N–H and O–H groups in total. The van der Waals surface area contributed by atoms with Crippen LogP contribution in [0.2, 0.25) is 0 Å². The van der Waals surface area contributed by atoms with Crippen molar-refractivity contribution in [3.63, 3.8) is 0 Å². The molecule has 1 saturated heterocycles. The third-order valence-corrected chi connectivity index (χ3v) is 7.69. The normalized spacial score (nSPS) is 17.2. The summed E-state index contributed by atoms with van der Waals surface area (Å²) in [5.41, 5.74) is 3.71. The highest BCUT2D eigenvalue weighted by atomic mass is 79.9. The molecule has 4 aromatic rings. The van der Waals surface area contributed by atoms with E-state index < -0.39 is 17.7 Å². The first-order valence-corrected chi connectivity index (χ1v) is 13.1. The Labute approximate surface area is 221 Å². The molecule has 1 unspecified atom stereocenters. The number of halogens is 1. The van der Waals surface area contributed by atoms with Gasteiger partial charge in [-0.25, -0.2) is 4.98 Å². The zero-order valence-electron chi connectivity index (χ0n) is 19.9. The number of fused-ring (bicyclic) bond motifs is 1. The number of aliphatic hydroxyl groups is 1. The second-order valence-corrected chi connectivity index (χ2v) is 10.5. The lowest BCUT2D eigenvalue weighted by Gasteiger charge is -2.23. The molecule has 1 fully saturated rings. The van der Waals surface area contributed by atoms with Gasteiger partial charge >= 0.3 is 5.91 Å². The number of amides is 1. The minimum absolute atomic E-state index is 0.0466. The first-order chi connectivity index (χ1) is 17.3. The van der Waals surface area contributed by atoms with Crippen molar-refractivity contribution >= 4 is 60.1 Å². The lowest BCUT2D eigenvalue weighted by Crippen LogP contribution is -2.29. The van der Waals surface area contributed by atoms with Crippen molar-refractivity contribution in [3.05, 3.63) is 93.0 Å². The van der Waals surface area contributed by atoms with Crippen LogP contribution in [0.4, 0.5) is 5.13 Å². The van der Waals surface area contributed by atoms with Crippen LogP contribution >= 0.6 is 27.3 Å². The zero-order valence-corrected chi connectivity index (χ0v) is 22.3. The topological polar surface area (TPSA) is 79.7 Å². The van der Waals surface area contributed by atoms with E-state index >= 15 is 0 Å². The Morgan fingerprint density at radius 3 is 2.56 bits per heavy atom. The lowest BCUT2D eigenvalue weighted by molar-refractivity contribution is -0.132. The molecule has 1 atom stereocenters. The van der Waals surface area contributed by atoms with E-state index in [9.17, 15) is 14.7 Å². The van der Waals surface area contributed by atoms with Crippen molar-refractivity contribution < 1.29 is 19.4 Å². The molecule has 0 bridgehead atoms. The van der Waals surface area contributed by atoms with Gasteiger partial charge in [-0.15, -0.1) is 0 Å². The quantitative estimate of drug-likeness (QED) is 0.166. The van der Waals surface area contributed by atoms with Crippen LogP contribution in [-0.2, 0) is 9.59 Å². The van der Waals surface area contributed by atoms with Gasteiger partial charge in [-0.2, -0.15) is 0 Å². The van der Waals surface area contributed by atoms with Crippen LogP contribution in [0.5, 0.6) is 5.75 Å². The van der Waals surface area contributed by atoms with Crippen LogP contribution in [0.15, 0.2) is 70.7 Å². The van der Waals surface area contributed by atoms with Crippen LogP contribution < -0.4 is 9.64 Å². The second-order valence-electron chi connectivity index (χ2n) is 8.60. The third kappa shape index (κ3) is 4.20. The fraction of sp³-hybridized carbons (Fsp3) is 0.179. The SMILES string of the molecule is CCOc1ccc2nc(N3C(=O)C(=O)/C(=C(/O)c4cc(C)ccc4C)C3c3ccc(Br)cc3)sc2c1. The average molecular weight is 563 g/mol. The standard InChI is InChI=1S/C28H23BrN2O4S/c1-4-35-19-11-12-21-22(14-19)36-28(30-21)31-24(17-7-9-18(29)10-8-17)23(26(33)27(31)34)25(32)20-13-15(2)5-6-16(20)3/h5-14,24,32H,4H2,1-3H3/b25-23+. The van der Waals surface area contributed by atoms with E-state index in [-0.39, 0.29) is 11.3 Å². The maximum Gasteiger partial charge on any atom is 0.301 e. The van der Waals surface area contributed by atoms with Crippen molar-refractivity contribution in [2.45, 2.75) is 26.8 Å². The number of ether oxygens (including phenoxy) is 1. The first kappa shape index (κ1) is 24.2. The fourth-order valence-corrected chi connectivity index (χ4v) is 5.66. The molecule has 1 aliphatic heterocycles. The number of hydrogen-bond acceptors (Lipinski definition) is 6. The average Bonchev–Trinajstić information content (AvgIpc) is 3.39. The number of rotatable bonds is 5. The number of thiazole rings is 1. The first-order valence-electron chi connectivity index (χ1n) is 11.5. The minimum atomic E-state index is -0.829. The van der Waals surface area contributed by atoms with Crippen LogP contribution in [0.1, 0.15) is 35.2 Å². The highest BCUT2D eigenvalue weighted by Crippen LogP contribution is 2.45. The summed E-state index contributed by atoms with van der Waals surface area (Å²) in [5, 5.41) is 11.8. The molecule has 36 heavy (non-hydrogen) atoms. The Hall–Kier alpha value is -3.49. The van der Waals surface area contributed by atoms with E-state index in [0.717, 1.165) is 20.3 Å². The molecule has 1 aliphatic rings. The number of hydrogen-bond donors (Lipinski definition) is 1. The number of benzene rings is 3. The predicted octanol–water partition coefficient (Wildman–Crippen LogP) is 6.70. The maximum atomic E-state index is 13.5. The highest BCUT2D eigenvalue weighted by molar-refractivity contribution is 9.10. The molecule has 0 aliphatic carbocycles. The molecule has 3 aromatic carbocycles. The number of aliphatic hydroxyl groups excluding tert-OH is 1. The fourth-order valence-electron chi connectivity index (χ4n) is 4.38. The molecular formula is C28H23BrN2O4S. The van der Waals surface area contributed by atoms with Gasteiger partial charge in [-0.05, 0) is 68.3 Å². The Kier molecular flexibility index (Phi) is 6.40. The Morgan fingerprint density at radius 2 is 1.83 bits per heavy atom. The van der Waals surface area contributed by atoms with E-state index in [1.54, 1.807) is 0 Å². The van der Waals surface area contributed by atoms with Gasteiger partial charge < -0.3 is 9.84 Å². The Balaban J connectivity index is 1.72. The molecular weight excluding hydrogens is 540 g/mol. The number of aromatic nitrogens is 1. The predicted molar refractivity (Wildman–Crippen MR) is 146 cm³/mol. The largest absolute Gasteiger partial charge is 0.507 e. The zero-order chi connectivity index (χ0) is 25.6. The highest BCUT2D eigenvalue weighted by Gasteiger charge is 2.48. The van der Waals surface area contributed by atoms with E-state index in [1.807, 2.05) is 81.4 Å². The smallest absolute Gasteiger partial charge is 0.301 e. The number of carbonyl (C=O) groups excluding carboxylic acids is 2. The van der Waals surface area contributed by atoms with E-state index in [2.05, 4.69) is 20.9 Å². The van der Waals surface area contributed by atoms with Gasteiger partial charge in [-0.1, -0.05) is 57.1 Å². The number of carbonyl (C=O) groups is 2. The maximum absolute atomic E-state index is 13.5. The van der Waals surface area contributed by atoms with Crippen LogP contribution in [0.25, 0.3) is 16.0 Å². The molecule has 182 valence electrons. The van der Waals surface area contributed by atoms with Crippen LogP contribution in [0, 0.1) is 13.8 Å². The van der Waals surface area contributed by atoms with Crippen molar-refractivity contribution in [1.29, 1.82) is 0 Å². The molecule has 5 rings (SSSR count). The van der Waals surface area contributed by atoms with Crippen molar-refractivity contribution in [1.82, 2.24) is 4.98 Å². The van der Waals surface area contributed by atoms with Gasteiger partial charge in [0.25, 0.3) is 5.78 Å². The van der Waals surface area contributed by atoms with Gasteiger partial charge in [0.05, 0.1) is 28.4 Å². The molecule has 2 heterocycles. The summed E-state index contributed by atoms with van der Waals surface area (Å²) in [6.07, 6.45) is 0. The molecule has 1 aromatic heterocycles. The number of aryl methyl sites for hydroxylation is 2. The summed E-state index contributed by atoms with van der Waals surface area (Å²) >= 11 is 4.75. The van der Waals surface area contributed by atoms with Gasteiger partial charge in [0, 0.05) is 10.0 Å². The van der Waals surface area contributed by atoms with E-state index in [0.29, 0.717) is 34.1 Å². The second kappa shape index (κ2) is 9.52. The molecule has 8 heteroatoms. The number of Topliss-reactive ketones (excluding diaryl/α,β-unsaturated/α-hetero) is 1. The molecule has 6 nitrogen and oxygen atoms in total. The van der Waals surface area contributed by atoms with Crippen molar-refractivity contribution in [3.8, 4) is 5.75 Å². The Bertz CT molecular complexity index is 1540. The van der Waals surface area contributed by atoms with Crippen LogP contribution in [-0.4, -0.2) is 28.4 Å². The lowest BCUT2D eigenvalue weighted by atomic mass is 9.93. The van der Waals surface area contributed by atoms with Crippen molar-refractivity contribution in [2.24, 2.45) is 0 Å². The minimum Gasteiger partial charge on any atom is -0.507 e. The number of ketones is 1. The van der Waals surface area contributed by atoms with E-state index in [4.69, 9.17) is 4.74 Å². The number of nitrogens with zero attached hydrogens (tertiary/aromatic N) is 2. The molecule has 0 radical (unpaired) electrons. The summed E-state index contributed by atoms with van der Waals surface area (Å²) in [6, 6.07) is 17.7. The van der Waals surface area contributed by atoms with Gasteiger partial charge in [-0.3, -0.25) is 14.5 Å². The monoisotopic (exact) mass is 562 g/mol. The molecule has 0 saturated carbocycles. The summed E-state index contributed by atoms with van der Waals surface area (Å²) in [4.78, 5) is 33.0. The van der Waals surface area contributed by atoms with Gasteiger partial charge in [0.2, 0.25) is 0 Å². The summed E-state index contributed by atoms with van der Waals surface area (Å²) < 4.78 is 7.30. The van der Waals surface area contributed by atoms with E-state index in [1.165, 1.54) is 16.2 Å². The molecule has 0 spiro atoms. The third-order valence-electron chi connectivity index (χ3n) is 6.14. The van der Waals surface area contributed by atoms with Crippen LogP contribution in [0.3, 0.4) is 0 Å². The van der Waals surface area contributed by atoms with Gasteiger partial charge in [0.1, 0.15) is 11.5 Å². The Morgan fingerprint density at radius 1 is 1.08 bits per heavy atom. The number of anilines is 1. The van der Waals surface area contributed by atoms with Crippen molar-refractivity contribution in [2.75, 3.05) is 11.5 Å².